The van der Waals surface area contributed by atoms with Crippen LogP contribution in [-0.2, 0) is 0 Å². The molecule has 8 heterocycles. The molecule has 4 aliphatic heterocycles. The van der Waals surface area contributed by atoms with E-state index in [1.165, 1.54) is 25.7 Å². The SMILES string of the molecule is Cc1cn2nc([C@@H]3CCCCN3)cc2nc1Cl.Cc1cn2nc([C@@H]3CCCCN3)cc2nc1N1CC[C@H](C#N)C1.Cl.Cl.N#C[C@H]1CCNC1. The molecule has 8 rings (SSSR count). The van der Waals surface area contributed by atoms with Crippen molar-refractivity contribution in [2.75, 3.05) is 44.2 Å². The highest BCUT2D eigenvalue weighted by atomic mass is 35.5. The van der Waals surface area contributed by atoms with Crippen LogP contribution in [0.5, 0.6) is 0 Å². The molecule has 0 radical (unpaired) electrons. The Bertz CT molecular complexity index is 1700. The third-order valence-electron chi connectivity index (χ3n) is 9.46. The molecule has 3 N–H and O–H groups in total. The lowest BCUT2D eigenvalue weighted by Gasteiger charge is -2.21. The fourth-order valence-corrected chi connectivity index (χ4v) is 6.85. The maximum absolute atomic E-state index is 9.10. The summed E-state index contributed by atoms with van der Waals surface area (Å²) in [5, 5.41) is 37.4. The molecule has 4 aliphatic rings. The highest BCUT2D eigenvalue weighted by molar-refractivity contribution is 6.30. The zero-order valence-electron chi connectivity index (χ0n) is 28.2. The molecule has 12 nitrogen and oxygen atoms in total. The van der Waals surface area contributed by atoms with Gasteiger partial charge in [0.25, 0.3) is 0 Å². The fourth-order valence-electron chi connectivity index (χ4n) is 6.72. The van der Waals surface area contributed by atoms with E-state index in [-0.39, 0.29) is 30.7 Å². The minimum absolute atomic E-state index is 0. The summed E-state index contributed by atoms with van der Waals surface area (Å²) in [6, 6.07) is 9.41. The lowest BCUT2D eigenvalue weighted by Crippen LogP contribution is -2.27. The van der Waals surface area contributed by atoms with Gasteiger partial charge in [0.1, 0.15) is 11.0 Å². The molecule has 0 saturated carbocycles. The van der Waals surface area contributed by atoms with Crippen molar-refractivity contribution in [2.45, 2.75) is 77.3 Å². The minimum atomic E-state index is 0. The molecule has 0 unspecified atom stereocenters. The Kier molecular flexibility index (Phi) is 14.3. The normalized spacial score (nSPS) is 23.2. The molecule has 264 valence electrons. The van der Waals surface area contributed by atoms with E-state index in [0.717, 1.165) is 105 Å². The summed E-state index contributed by atoms with van der Waals surface area (Å²) in [5.74, 6) is 1.41. The van der Waals surface area contributed by atoms with Gasteiger partial charge in [-0.1, -0.05) is 24.4 Å². The Morgan fingerprint density at radius 2 is 1.35 bits per heavy atom. The second kappa shape index (κ2) is 18.1. The number of nitrogens with zero attached hydrogens (tertiary/aromatic N) is 9. The van der Waals surface area contributed by atoms with Gasteiger partial charge in [-0.25, -0.2) is 19.0 Å². The van der Waals surface area contributed by atoms with Crippen LogP contribution in [-0.4, -0.2) is 68.5 Å². The molecule has 49 heavy (non-hydrogen) atoms. The van der Waals surface area contributed by atoms with Gasteiger partial charge >= 0.3 is 0 Å². The number of nitriles is 2. The standard InChI is InChI=1S/C17H22N6.C12H15ClN4.C5H8N2.2ClH/c1-12-10-23-16(8-15(21-23)14-4-2-3-6-19-14)20-17(12)22-7-5-13(9-18)11-22;1-8-7-17-11(15-12(8)13)6-10(16-17)9-4-2-3-5-14-9;6-3-5-1-2-7-4-5;;/h8,10,13-14,19H,2-7,11H2,1H3;6-7,9,14H,2-5H2,1H3;5,7H,1-2,4H2;2*1H/t13-,14+;9-;5-;;/m101../s1. The number of anilines is 1. The smallest absolute Gasteiger partial charge is 0.157 e. The Morgan fingerprint density at radius 3 is 1.84 bits per heavy atom. The molecule has 0 spiro atoms. The minimum Gasteiger partial charge on any atom is -0.355 e. The summed E-state index contributed by atoms with van der Waals surface area (Å²) in [4.78, 5) is 11.4. The maximum atomic E-state index is 9.10. The Morgan fingerprint density at radius 1 is 0.755 bits per heavy atom. The number of aromatic nitrogens is 6. The zero-order valence-corrected chi connectivity index (χ0v) is 30.6. The summed E-state index contributed by atoms with van der Waals surface area (Å²) in [6.45, 7) is 9.77. The van der Waals surface area contributed by atoms with Crippen molar-refractivity contribution in [3.05, 3.63) is 52.2 Å². The average molecular weight is 730 g/mol. The summed E-state index contributed by atoms with van der Waals surface area (Å²) >= 11 is 6.01. The Hall–Kier alpha value is -3.23. The predicted octanol–water partition coefficient (Wildman–Crippen LogP) is 5.67. The quantitative estimate of drug-likeness (QED) is 0.226. The first-order chi connectivity index (χ1) is 22.9. The summed E-state index contributed by atoms with van der Waals surface area (Å²) in [6.07, 6.45) is 13.3. The van der Waals surface area contributed by atoms with Gasteiger partial charge in [-0.2, -0.15) is 20.7 Å². The molecular weight excluding hydrogens is 683 g/mol. The first kappa shape index (κ1) is 38.6. The van der Waals surface area contributed by atoms with Gasteiger partial charge in [-0.15, -0.1) is 24.8 Å². The lowest BCUT2D eigenvalue weighted by atomic mass is 10.0. The highest BCUT2D eigenvalue weighted by Gasteiger charge is 2.25. The number of aryl methyl sites for hydroxylation is 2. The molecular formula is C34H47Cl3N12. The van der Waals surface area contributed by atoms with Gasteiger partial charge in [0.05, 0.1) is 47.4 Å². The first-order valence-electron chi connectivity index (χ1n) is 17.0. The zero-order chi connectivity index (χ0) is 32.8. The number of halogens is 3. The number of piperidine rings is 2. The van der Waals surface area contributed by atoms with E-state index < -0.39 is 0 Å². The van der Waals surface area contributed by atoms with Crippen LogP contribution >= 0.6 is 36.4 Å². The Labute approximate surface area is 305 Å². The van der Waals surface area contributed by atoms with Crippen LogP contribution in [0.25, 0.3) is 11.3 Å². The molecule has 0 aliphatic carbocycles. The molecule has 15 heteroatoms. The van der Waals surface area contributed by atoms with Crippen LogP contribution in [0.15, 0.2) is 24.5 Å². The van der Waals surface area contributed by atoms with Gasteiger partial charge in [0.2, 0.25) is 0 Å². The van der Waals surface area contributed by atoms with Crippen molar-refractivity contribution in [3.8, 4) is 12.1 Å². The van der Waals surface area contributed by atoms with Gasteiger partial charge < -0.3 is 20.9 Å². The van der Waals surface area contributed by atoms with Gasteiger partial charge in [0, 0.05) is 55.3 Å². The van der Waals surface area contributed by atoms with E-state index in [1.54, 1.807) is 0 Å². The van der Waals surface area contributed by atoms with Crippen LogP contribution in [0.4, 0.5) is 5.82 Å². The van der Waals surface area contributed by atoms with E-state index >= 15 is 0 Å². The second-order valence-electron chi connectivity index (χ2n) is 13.1. The van der Waals surface area contributed by atoms with Crippen LogP contribution in [0.3, 0.4) is 0 Å². The number of rotatable bonds is 3. The average Bonchev–Trinajstić information content (AvgIpc) is 3.93. The number of fused-ring (bicyclic) bond motifs is 2. The van der Waals surface area contributed by atoms with Crippen molar-refractivity contribution in [2.24, 2.45) is 11.8 Å². The fraction of sp³-hybridized carbons (Fsp3) is 0.588. The predicted molar refractivity (Wildman–Crippen MR) is 197 cm³/mol. The van der Waals surface area contributed by atoms with Crippen LogP contribution in [0, 0.1) is 48.3 Å². The molecule has 4 saturated heterocycles. The van der Waals surface area contributed by atoms with Crippen molar-refractivity contribution in [1.29, 1.82) is 10.5 Å². The van der Waals surface area contributed by atoms with Gasteiger partial charge in [0.15, 0.2) is 11.3 Å². The topological polar surface area (TPSA) is 147 Å². The third-order valence-corrected chi connectivity index (χ3v) is 9.84. The highest BCUT2D eigenvalue weighted by Crippen LogP contribution is 2.28. The van der Waals surface area contributed by atoms with Crippen LogP contribution < -0.4 is 20.9 Å². The lowest BCUT2D eigenvalue weighted by molar-refractivity contribution is 0.404. The molecule has 0 amide bonds. The van der Waals surface area contributed by atoms with Crippen molar-refractivity contribution >= 4 is 53.5 Å². The van der Waals surface area contributed by atoms with Gasteiger partial charge in [-0.05, 0) is 72.0 Å². The summed E-state index contributed by atoms with van der Waals surface area (Å²) in [7, 11) is 0. The largest absolute Gasteiger partial charge is 0.355 e. The number of nitrogens with one attached hydrogen (secondary N) is 3. The van der Waals surface area contributed by atoms with Crippen molar-refractivity contribution in [1.82, 2.24) is 45.1 Å². The van der Waals surface area contributed by atoms with E-state index in [1.807, 2.05) is 28.2 Å². The third kappa shape index (κ3) is 9.52. The molecule has 4 fully saturated rings. The van der Waals surface area contributed by atoms with Crippen LogP contribution in [0.1, 0.15) is 86.0 Å². The van der Waals surface area contributed by atoms with Crippen LogP contribution in [0.2, 0.25) is 5.15 Å². The Balaban J connectivity index is 0.000000183. The molecule has 4 atom stereocenters. The number of hydrogen-bond acceptors (Lipinski definition) is 10. The maximum Gasteiger partial charge on any atom is 0.157 e. The molecule has 0 aromatic carbocycles. The summed E-state index contributed by atoms with van der Waals surface area (Å²) in [5.41, 5.74) is 5.94. The first-order valence-corrected chi connectivity index (χ1v) is 17.4. The molecule has 4 aromatic rings. The van der Waals surface area contributed by atoms with Crippen molar-refractivity contribution < 1.29 is 0 Å². The molecule has 4 aromatic heterocycles. The second-order valence-corrected chi connectivity index (χ2v) is 13.4. The van der Waals surface area contributed by atoms with E-state index in [9.17, 15) is 0 Å². The monoisotopic (exact) mass is 728 g/mol. The van der Waals surface area contributed by atoms with Gasteiger partial charge in [-0.3, -0.25) is 0 Å². The van der Waals surface area contributed by atoms with E-state index in [0.29, 0.717) is 23.2 Å². The van der Waals surface area contributed by atoms with E-state index in [2.05, 4.69) is 62.3 Å². The van der Waals surface area contributed by atoms with Crippen molar-refractivity contribution in [3.63, 3.8) is 0 Å². The summed E-state index contributed by atoms with van der Waals surface area (Å²) < 4.78 is 3.70. The number of hydrogen-bond donors (Lipinski definition) is 3. The van der Waals surface area contributed by atoms with E-state index in [4.69, 9.17) is 32.2 Å². The molecule has 0 bridgehead atoms.